The van der Waals surface area contributed by atoms with Crippen molar-refractivity contribution in [3.05, 3.63) is 0 Å². The fraction of sp³-hybridized carbons (Fsp3) is 0.800. The zero-order chi connectivity index (χ0) is 7.61. The molecule has 0 atom stereocenters. The Morgan fingerprint density at radius 1 is 1.70 bits per heavy atom. The molecule has 0 radical (unpaired) electrons. The van der Waals surface area contributed by atoms with Gasteiger partial charge >= 0.3 is 0 Å². The third-order valence-corrected chi connectivity index (χ3v) is 1.43. The number of amides is 1. The van der Waals surface area contributed by atoms with Crippen LogP contribution < -0.4 is 11.3 Å². The van der Waals surface area contributed by atoms with Gasteiger partial charge in [0.1, 0.15) is 0 Å². The summed E-state index contributed by atoms with van der Waals surface area (Å²) in [6.45, 7) is 1.87. The average Bonchev–Trinajstić information content (AvgIpc) is 2.64. The van der Waals surface area contributed by atoms with Crippen molar-refractivity contribution in [2.45, 2.75) is 25.4 Å². The van der Waals surface area contributed by atoms with Gasteiger partial charge in [0.2, 0.25) is 5.91 Å². The maximum atomic E-state index is 10.6. The summed E-state index contributed by atoms with van der Waals surface area (Å²) in [6, 6.07) is 0. The molecule has 0 spiro atoms. The quantitative estimate of drug-likeness (QED) is 0.329. The van der Waals surface area contributed by atoms with Crippen LogP contribution in [0.3, 0.4) is 0 Å². The molecule has 3 N–H and O–H groups in total. The Balaban J connectivity index is 2.11. The van der Waals surface area contributed by atoms with Gasteiger partial charge < -0.3 is 0 Å². The third kappa shape index (κ3) is 1.77. The summed E-state index contributed by atoms with van der Waals surface area (Å²) in [4.78, 5) is 10.6. The molecule has 0 saturated heterocycles. The minimum Gasteiger partial charge on any atom is -0.294 e. The van der Waals surface area contributed by atoms with Crippen LogP contribution in [0.2, 0.25) is 0 Å². The molecule has 0 aliphatic carbocycles. The van der Waals surface area contributed by atoms with E-state index in [2.05, 4.69) is 10.2 Å². The highest BCUT2D eigenvalue weighted by Crippen LogP contribution is 2.31. The van der Waals surface area contributed by atoms with E-state index < -0.39 is 0 Å². The van der Waals surface area contributed by atoms with Gasteiger partial charge in [-0.2, -0.15) is 10.2 Å². The van der Waals surface area contributed by atoms with E-state index >= 15 is 0 Å². The zero-order valence-corrected chi connectivity index (χ0v) is 5.79. The lowest BCUT2D eigenvalue weighted by Gasteiger charge is -2.00. The van der Waals surface area contributed by atoms with Crippen LogP contribution in [0.1, 0.15) is 19.8 Å². The molecule has 0 aromatic rings. The number of hydrogen-bond acceptors (Lipinski definition) is 4. The molecular weight excluding hydrogens is 132 g/mol. The first-order valence-corrected chi connectivity index (χ1v) is 3.10. The number of nitrogens with one attached hydrogen (secondary N) is 1. The lowest BCUT2D eigenvalue weighted by atomic mass is 10.1. The Morgan fingerprint density at radius 3 is 2.70 bits per heavy atom. The zero-order valence-electron chi connectivity index (χ0n) is 5.79. The number of carbonyl (C=O) groups is 1. The molecule has 10 heavy (non-hydrogen) atoms. The number of carbonyl (C=O) groups excluding carboxylic acids is 1. The van der Waals surface area contributed by atoms with Crippen molar-refractivity contribution in [2.75, 3.05) is 0 Å². The average molecular weight is 142 g/mol. The van der Waals surface area contributed by atoms with Crippen molar-refractivity contribution >= 4 is 5.91 Å². The first kappa shape index (κ1) is 7.14. The lowest BCUT2D eigenvalue weighted by Crippen LogP contribution is -2.30. The second-order valence-corrected chi connectivity index (χ2v) is 2.48. The Kier molecular flexibility index (Phi) is 1.67. The highest BCUT2D eigenvalue weighted by atomic mass is 16.2. The highest BCUT2D eigenvalue weighted by Gasteiger charge is 2.33. The maximum Gasteiger partial charge on any atom is 0.234 e. The summed E-state index contributed by atoms with van der Waals surface area (Å²) in [5.41, 5.74) is 1.76. The maximum absolute atomic E-state index is 10.6. The summed E-state index contributed by atoms with van der Waals surface area (Å²) in [6.07, 6.45) is 1.04. The van der Waals surface area contributed by atoms with Gasteiger partial charge in [-0.3, -0.25) is 10.2 Å². The summed E-state index contributed by atoms with van der Waals surface area (Å²) in [5, 5.41) is 7.49. The first-order chi connectivity index (χ1) is 4.66. The predicted molar refractivity (Wildman–Crippen MR) is 34.8 cm³/mol. The van der Waals surface area contributed by atoms with Crippen molar-refractivity contribution in [3.8, 4) is 0 Å². The molecule has 0 bridgehead atoms. The van der Waals surface area contributed by atoms with Crippen LogP contribution in [0.15, 0.2) is 10.2 Å². The van der Waals surface area contributed by atoms with Crippen LogP contribution in [0.25, 0.3) is 0 Å². The minimum atomic E-state index is -0.285. The molecule has 0 unspecified atom stereocenters. The molecule has 1 heterocycles. The molecule has 5 heteroatoms. The molecule has 1 rings (SSSR count). The van der Waals surface area contributed by atoms with Gasteiger partial charge in [-0.25, -0.2) is 5.84 Å². The van der Waals surface area contributed by atoms with Gasteiger partial charge in [-0.05, 0) is 6.92 Å². The standard InChI is InChI=1S/C5H10N4O/c1-5(8-9-5)3-2-4(10)7-6/h2-3,6H2,1H3,(H,7,10). The van der Waals surface area contributed by atoms with Gasteiger partial charge in [-0.1, -0.05) is 0 Å². The van der Waals surface area contributed by atoms with E-state index in [-0.39, 0.29) is 11.6 Å². The second-order valence-electron chi connectivity index (χ2n) is 2.48. The van der Waals surface area contributed by atoms with E-state index in [1.807, 2.05) is 12.3 Å². The third-order valence-electron chi connectivity index (χ3n) is 1.43. The van der Waals surface area contributed by atoms with Crippen molar-refractivity contribution in [3.63, 3.8) is 0 Å². The molecule has 0 aromatic heterocycles. The summed E-state index contributed by atoms with van der Waals surface area (Å²) in [7, 11) is 0. The lowest BCUT2D eigenvalue weighted by molar-refractivity contribution is -0.121. The van der Waals surface area contributed by atoms with Crippen molar-refractivity contribution in [1.82, 2.24) is 5.43 Å². The van der Waals surface area contributed by atoms with Gasteiger partial charge in [-0.15, -0.1) is 0 Å². The number of hydrogen-bond donors (Lipinski definition) is 2. The van der Waals surface area contributed by atoms with Crippen molar-refractivity contribution < 1.29 is 4.79 Å². The van der Waals surface area contributed by atoms with Gasteiger partial charge in [0.05, 0.1) is 0 Å². The van der Waals surface area contributed by atoms with Crippen LogP contribution in [-0.4, -0.2) is 11.6 Å². The molecule has 5 nitrogen and oxygen atoms in total. The van der Waals surface area contributed by atoms with Crippen LogP contribution in [0.4, 0.5) is 0 Å². The van der Waals surface area contributed by atoms with Crippen LogP contribution in [-0.2, 0) is 4.79 Å². The fourth-order valence-corrected chi connectivity index (χ4v) is 0.608. The molecule has 1 amide bonds. The minimum absolute atomic E-state index is 0.168. The molecule has 0 aromatic carbocycles. The number of hydrazine groups is 1. The Bertz CT molecular complexity index is 170. The summed E-state index contributed by atoms with van der Waals surface area (Å²) >= 11 is 0. The number of rotatable bonds is 3. The molecule has 1 aliphatic heterocycles. The predicted octanol–water partition coefficient (Wildman–Crippen LogP) is -0.0615. The number of nitrogens with two attached hydrogens (primary N) is 1. The van der Waals surface area contributed by atoms with Crippen LogP contribution >= 0.6 is 0 Å². The van der Waals surface area contributed by atoms with Crippen molar-refractivity contribution in [2.24, 2.45) is 16.1 Å². The van der Waals surface area contributed by atoms with E-state index in [9.17, 15) is 4.79 Å². The Hall–Kier alpha value is -0.970. The monoisotopic (exact) mass is 142 g/mol. The summed E-state index contributed by atoms with van der Waals surface area (Å²) < 4.78 is 0. The van der Waals surface area contributed by atoms with Gasteiger partial charge in [0.15, 0.2) is 5.66 Å². The van der Waals surface area contributed by atoms with E-state index in [4.69, 9.17) is 5.84 Å². The second kappa shape index (κ2) is 2.34. The van der Waals surface area contributed by atoms with E-state index in [0.29, 0.717) is 12.8 Å². The summed E-state index contributed by atoms with van der Waals surface area (Å²) in [5.74, 6) is 4.69. The largest absolute Gasteiger partial charge is 0.294 e. The Labute approximate surface area is 58.7 Å². The molecule has 0 fully saturated rings. The van der Waals surface area contributed by atoms with E-state index in [0.717, 1.165) is 0 Å². The molecule has 0 saturated carbocycles. The SMILES string of the molecule is CC1(CCC(=O)NN)N=N1. The smallest absolute Gasteiger partial charge is 0.234 e. The van der Waals surface area contributed by atoms with E-state index in [1.165, 1.54) is 0 Å². The van der Waals surface area contributed by atoms with Crippen LogP contribution in [0, 0.1) is 0 Å². The highest BCUT2D eigenvalue weighted by molar-refractivity contribution is 5.75. The topological polar surface area (TPSA) is 79.8 Å². The van der Waals surface area contributed by atoms with Gasteiger partial charge in [0, 0.05) is 12.8 Å². The Morgan fingerprint density at radius 2 is 2.30 bits per heavy atom. The first-order valence-electron chi connectivity index (χ1n) is 3.10. The van der Waals surface area contributed by atoms with Crippen molar-refractivity contribution in [1.29, 1.82) is 0 Å². The van der Waals surface area contributed by atoms with E-state index in [1.54, 1.807) is 0 Å². The molecule has 56 valence electrons. The fourth-order valence-electron chi connectivity index (χ4n) is 0.608. The molecular formula is C5H10N4O. The molecule has 1 aliphatic rings. The normalized spacial score (nSPS) is 18.6. The number of nitrogens with zero attached hydrogens (tertiary/aromatic N) is 2. The van der Waals surface area contributed by atoms with Crippen LogP contribution in [0.5, 0.6) is 0 Å². The van der Waals surface area contributed by atoms with Gasteiger partial charge in [0.25, 0.3) is 0 Å².